The zero-order chi connectivity index (χ0) is 24.3. The first-order valence-corrected chi connectivity index (χ1v) is 13.7. The van der Waals surface area contributed by atoms with Gasteiger partial charge in [0.2, 0.25) is 10.0 Å². The second kappa shape index (κ2) is 10.2. The predicted molar refractivity (Wildman–Crippen MR) is 134 cm³/mol. The Bertz CT molecular complexity index is 1240. The van der Waals surface area contributed by atoms with Crippen molar-refractivity contribution in [3.8, 4) is 16.3 Å². The number of sulfonamides is 1. The number of aryl methyl sites for hydroxylation is 2. The van der Waals surface area contributed by atoms with E-state index in [1.54, 1.807) is 29.2 Å². The van der Waals surface area contributed by atoms with Crippen LogP contribution in [0, 0.1) is 6.92 Å². The van der Waals surface area contributed by atoms with Crippen LogP contribution in [0.15, 0.2) is 53.4 Å². The molecule has 1 saturated heterocycles. The molecule has 0 unspecified atom stereocenters. The normalized spacial score (nSPS) is 14.9. The van der Waals surface area contributed by atoms with Gasteiger partial charge in [-0.2, -0.15) is 4.31 Å². The number of aromatic nitrogens is 1. The van der Waals surface area contributed by atoms with Gasteiger partial charge in [-0.15, -0.1) is 11.3 Å². The van der Waals surface area contributed by atoms with Crippen molar-refractivity contribution in [3.63, 3.8) is 0 Å². The molecule has 9 heteroatoms. The smallest absolute Gasteiger partial charge is 0.265 e. The first-order chi connectivity index (χ1) is 16.3. The fourth-order valence-corrected chi connectivity index (χ4v) is 6.36. The van der Waals surface area contributed by atoms with E-state index in [2.05, 4.69) is 24.0 Å². The van der Waals surface area contributed by atoms with E-state index in [1.807, 2.05) is 26.0 Å². The van der Waals surface area contributed by atoms with E-state index in [-0.39, 0.29) is 23.9 Å². The van der Waals surface area contributed by atoms with E-state index in [0.717, 1.165) is 17.0 Å². The molecule has 1 aromatic heterocycles. The van der Waals surface area contributed by atoms with E-state index in [4.69, 9.17) is 4.74 Å². The minimum absolute atomic E-state index is 0.0930. The van der Waals surface area contributed by atoms with E-state index in [1.165, 1.54) is 21.2 Å². The number of piperazine rings is 1. The second-order valence-corrected chi connectivity index (χ2v) is 11.0. The van der Waals surface area contributed by atoms with Crippen LogP contribution >= 0.6 is 11.3 Å². The molecule has 0 saturated carbocycles. The molecule has 0 aliphatic carbocycles. The molecule has 2 heterocycles. The van der Waals surface area contributed by atoms with E-state index in [9.17, 15) is 13.2 Å². The van der Waals surface area contributed by atoms with Crippen LogP contribution in [-0.4, -0.2) is 61.3 Å². The van der Waals surface area contributed by atoms with Gasteiger partial charge in [0.25, 0.3) is 5.91 Å². The molecule has 0 radical (unpaired) electrons. The van der Waals surface area contributed by atoms with Crippen LogP contribution in [0.25, 0.3) is 10.6 Å². The molecule has 180 valence electrons. The average Bonchev–Trinajstić information content (AvgIpc) is 3.25. The first kappa shape index (κ1) is 24.4. The van der Waals surface area contributed by atoms with Crippen molar-refractivity contribution in [2.75, 3.05) is 32.8 Å². The van der Waals surface area contributed by atoms with E-state index >= 15 is 0 Å². The van der Waals surface area contributed by atoms with Gasteiger partial charge in [-0.3, -0.25) is 4.79 Å². The third kappa shape index (κ3) is 5.01. The summed E-state index contributed by atoms with van der Waals surface area (Å²) < 4.78 is 32.9. The number of thiazole rings is 1. The van der Waals surface area contributed by atoms with Gasteiger partial charge in [0.15, 0.2) is 0 Å². The fraction of sp³-hybridized carbons (Fsp3) is 0.360. The number of carbonyl (C=O) groups excluding carboxylic acids is 1. The number of hydrogen-bond acceptors (Lipinski definition) is 6. The number of nitrogens with zero attached hydrogens (tertiary/aromatic N) is 3. The summed E-state index contributed by atoms with van der Waals surface area (Å²) in [7, 11) is -3.62. The van der Waals surface area contributed by atoms with Gasteiger partial charge in [-0.1, -0.05) is 31.2 Å². The Balaban J connectivity index is 1.43. The van der Waals surface area contributed by atoms with Gasteiger partial charge in [-0.25, -0.2) is 13.4 Å². The molecule has 0 spiro atoms. The maximum absolute atomic E-state index is 13.2. The summed E-state index contributed by atoms with van der Waals surface area (Å²) in [6, 6.07) is 14.7. The largest absolute Gasteiger partial charge is 0.494 e. The van der Waals surface area contributed by atoms with Crippen molar-refractivity contribution >= 4 is 27.3 Å². The molecule has 2 aromatic carbocycles. The fourth-order valence-electron chi connectivity index (χ4n) is 3.90. The SMILES string of the molecule is CCOc1ccc(S(=O)(=O)N2CCN(C(=O)c3sc(-c4ccc(CC)cc4)nc3C)CC2)cc1. The minimum atomic E-state index is -3.62. The second-order valence-electron chi connectivity index (χ2n) is 8.08. The van der Waals surface area contributed by atoms with Crippen LogP contribution in [0.5, 0.6) is 5.75 Å². The van der Waals surface area contributed by atoms with Crippen molar-refractivity contribution in [2.45, 2.75) is 32.1 Å². The molecule has 1 amide bonds. The highest BCUT2D eigenvalue weighted by atomic mass is 32.2. The zero-order valence-electron chi connectivity index (χ0n) is 19.7. The van der Waals surface area contributed by atoms with Crippen LogP contribution in [0.3, 0.4) is 0 Å². The molecule has 3 aromatic rings. The van der Waals surface area contributed by atoms with Crippen LogP contribution in [0.2, 0.25) is 0 Å². The summed E-state index contributed by atoms with van der Waals surface area (Å²) in [4.78, 5) is 20.4. The van der Waals surface area contributed by atoms with Crippen molar-refractivity contribution in [3.05, 3.63) is 64.7 Å². The van der Waals surface area contributed by atoms with Gasteiger partial charge >= 0.3 is 0 Å². The van der Waals surface area contributed by atoms with E-state index < -0.39 is 10.0 Å². The molecule has 0 N–H and O–H groups in total. The van der Waals surface area contributed by atoms with Gasteiger partial charge < -0.3 is 9.64 Å². The van der Waals surface area contributed by atoms with Crippen molar-refractivity contribution in [2.24, 2.45) is 0 Å². The summed E-state index contributed by atoms with van der Waals surface area (Å²) in [5.74, 6) is 0.544. The maximum atomic E-state index is 13.2. The lowest BCUT2D eigenvalue weighted by atomic mass is 10.1. The Labute approximate surface area is 205 Å². The Morgan fingerprint density at radius 2 is 1.65 bits per heavy atom. The monoisotopic (exact) mass is 499 g/mol. The summed E-state index contributed by atoms with van der Waals surface area (Å²) in [6.07, 6.45) is 0.973. The molecule has 0 atom stereocenters. The van der Waals surface area contributed by atoms with Crippen molar-refractivity contribution < 1.29 is 17.9 Å². The summed E-state index contributed by atoms with van der Waals surface area (Å²) in [6.45, 7) is 7.55. The molecular formula is C25H29N3O4S2. The molecule has 1 fully saturated rings. The number of benzene rings is 2. The third-order valence-corrected chi connectivity index (χ3v) is 9.01. The Hall–Kier alpha value is -2.75. The quantitative estimate of drug-likeness (QED) is 0.486. The van der Waals surface area contributed by atoms with Crippen LogP contribution in [0.4, 0.5) is 0 Å². The number of rotatable bonds is 7. The highest BCUT2D eigenvalue weighted by molar-refractivity contribution is 7.89. The topological polar surface area (TPSA) is 79.8 Å². The van der Waals surface area contributed by atoms with Crippen molar-refractivity contribution in [1.29, 1.82) is 0 Å². The highest BCUT2D eigenvalue weighted by Gasteiger charge is 2.31. The molecule has 7 nitrogen and oxygen atoms in total. The zero-order valence-corrected chi connectivity index (χ0v) is 21.3. The van der Waals surface area contributed by atoms with Crippen molar-refractivity contribution in [1.82, 2.24) is 14.2 Å². The van der Waals surface area contributed by atoms with E-state index in [0.29, 0.717) is 36.0 Å². The van der Waals surface area contributed by atoms with Crippen LogP contribution in [0.1, 0.15) is 34.8 Å². The summed E-state index contributed by atoms with van der Waals surface area (Å²) >= 11 is 1.39. The number of amides is 1. The summed E-state index contributed by atoms with van der Waals surface area (Å²) in [5, 5.41) is 0.820. The average molecular weight is 500 g/mol. The molecule has 0 bridgehead atoms. The lowest BCUT2D eigenvalue weighted by molar-refractivity contribution is 0.0702. The highest BCUT2D eigenvalue weighted by Crippen LogP contribution is 2.30. The van der Waals surface area contributed by atoms with Gasteiger partial charge in [0.1, 0.15) is 15.6 Å². The third-order valence-electron chi connectivity index (χ3n) is 5.90. The lowest BCUT2D eigenvalue weighted by Crippen LogP contribution is -2.50. The minimum Gasteiger partial charge on any atom is -0.494 e. The van der Waals surface area contributed by atoms with Gasteiger partial charge in [-0.05, 0) is 50.1 Å². The lowest BCUT2D eigenvalue weighted by Gasteiger charge is -2.33. The Kier molecular flexibility index (Phi) is 7.35. The molecular weight excluding hydrogens is 470 g/mol. The molecule has 1 aliphatic rings. The first-order valence-electron chi connectivity index (χ1n) is 11.4. The maximum Gasteiger partial charge on any atom is 0.265 e. The summed E-state index contributed by atoms with van der Waals surface area (Å²) in [5.41, 5.74) is 2.95. The number of hydrogen-bond donors (Lipinski definition) is 0. The number of ether oxygens (including phenoxy) is 1. The molecule has 4 rings (SSSR count). The molecule has 1 aliphatic heterocycles. The van der Waals surface area contributed by atoms with Crippen LogP contribution < -0.4 is 4.74 Å². The Morgan fingerprint density at radius 1 is 1.00 bits per heavy atom. The predicted octanol–water partition coefficient (Wildman–Crippen LogP) is 4.23. The van der Waals surface area contributed by atoms with Crippen LogP contribution in [-0.2, 0) is 16.4 Å². The molecule has 34 heavy (non-hydrogen) atoms. The standard InChI is InChI=1S/C25H29N3O4S2/c1-4-19-6-8-20(9-7-19)24-26-18(3)23(33-24)25(29)27-14-16-28(17-15-27)34(30,31)22-12-10-21(11-13-22)32-5-2/h6-13H,4-5,14-17H2,1-3H3. The Morgan fingerprint density at radius 3 is 2.24 bits per heavy atom. The number of carbonyl (C=O) groups is 1. The van der Waals surface area contributed by atoms with Gasteiger partial charge in [0, 0.05) is 31.7 Å². The van der Waals surface area contributed by atoms with Gasteiger partial charge in [0.05, 0.1) is 17.2 Å².